The number of thiophene rings is 1. The van der Waals surface area contributed by atoms with Gasteiger partial charge < -0.3 is 14.5 Å². The first-order chi connectivity index (χ1) is 15.9. The van der Waals surface area contributed by atoms with Crippen LogP contribution >= 0.6 is 11.3 Å². The van der Waals surface area contributed by atoms with Gasteiger partial charge in [0.15, 0.2) is 0 Å². The normalized spacial score (nSPS) is 15.2. The van der Waals surface area contributed by atoms with E-state index in [9.17, 15) is 14.4 Å². The lowest BCUT2D eigenvalue weighted by atomic mass is 9.93. The zero-order chi connectivity index (χ0) is 23.1. The lowest BCUT2D eigenvalue weighted by Gasteiger charge is -2.25. The third-order valence-electron chi connectivity index (χ3n) is 5.81. The van der Waals surface area contributed by atoms with Crippen LogP contribution in [0.2, 0.25) is 0 Å². The molecule has 0 radical (unpaired) electrons. The van der Waals surface area contributed by atoms with Crippen LogP contribution < -0.4 is 5.56 Å². The molecule has 2 aromatic heterocycles. The first-order valence-electron chi connectivity index (χ1n) is 10.5. The van der Waals surface area contributed by atoms with Crippen molar-refractivity contribution >= 4 is 33.5 Å². The Bertz CT molecular complexity index is 1460. The minimum Gasteiger partial charge on any atom is -0.454 e. The van der Waals surface area contributed by atoms with Gasteiger partial charge in [0.1, 0.15) is 23.4 Å². The van der Waals surface area contributed by atoms with Crippen molar-refractivity contribution < 1.29 is 19.1 Å². The fourth-order valence-corrected chi connectivity index (χ4v) is 5.01. The van der Waals surface area contributed by atoms with Crippen LogP contribution in [0, 0.1) is 13.8 Å². The number of ether oxygens (including phenoxy) is 2. The zero-order valence-corrected chi connectivity index (χ0v) is 18.8. The Labute approximate surface area is 193 Å². The summed E-state index contributed by atoms with van der Waals surface area (Å²) in [4.78, 5) is 46.3. The number of aryl methyl sites for hydroxylation is 2. The summed E-state index contributed by atoms with van der Waals surface area (Å²) in [5, 5.41) is 0.571. The van der Waals surface area contributed by atoms with Gasteiger partial charge in [0.05, 0.1) is 16.5 Å². The van der Waals surface area contributed by atoms with Crippen molar-refractivity contribution in [2.75, 3.05) is 0 Å². The second kappa shape index (κ2) is 8.29. The van der Waals surface area contributed by atoms with Crippen LogP contribution in [0.25, 0.3) is 10.2 Å². The van der Waals surface area contributed by atoms with Crippen LogP contribution in [0.15, 0.2) is 53.3 Å². The Morgan fingerprint density at radius 3 is 2.76 bits per heavy atom. The number of fused-ring (bicyclic) bond motifs is 2. The molecule has 0 aliphatic carbocycles. The maximum Gasteiger partial charge on any atom is 0.339 e. The molecule has 0 saturated carbocycles. The van der Waals surface area contributed by atoms with Crippen molar-refractivity contribution in [1.29, 1.82) is 0 Å². The number of benzene rings is 2. The standard InChI is InChI=1S/C25H20N2O5S/c1-13-14(2)33-23-21(13)22(28)26-20(27-23)12-31-24(29)16-8-9-18-17(10-16)11-19(32-25(18)30)15-6-4-3-5-7-15/h3-10,19H,11-12H2,1-2H3,(H,26,27,28). The average Bonchev–Trinajstić information content (AvgIpc) is 3.11. The lowest BCUT2D eigenvalue weighted by molar-refractivity contribution is 0.0251. The Morgan fingerprint density at radius 1 is 1.18 bits per heavy atom. The van der Waals surface area contributed by atoms with E-state index in [2.05, 4.69) is 9.97 Å². The van der Waals surface area contributed by atoms with Crippen molar-refractivity contribution in [3.05, 3.63) is 97.4 Å². The third-order valence-corrected chi connectivity index (χ3v) is 6.92. The molecule has 1 aliphatic rings. The molecule has 1 N–H and O–H groups in total. The molecular formula is C25H20N2O5S. The Hall–Kier alpha value is -3.78. The number of aromatic nitrogens is 2. The highest BCUT2D eigenvalue weighted by atomic mass is 32.1. The summed E-state index contributed by atoms with van der Waals surface area (Å²) >= 11 is 1.44. The summed E-state index contributed by atoms with van der Waals surface area (Å²) < 4.78 is 11.0. The van der Waals surface area contributed by atoms with E-state index in [4.69, 9.17) is 9.47 Å². The minimum absolute atomic E-state index is 0.161. The smallest absolute Gasteiger partial charge is 0.339 e. The monoisotopic (exact) mass is 460 g/mol. The second-order valence-electron chi connectivity index (χ2n) is 7.93. The van der Waals surface area contributed by atoms with Crippen molar-refractivity contribution in [2.24, 2.45) is 0 Å². The van der Waals surface area contributed by atoms with Gasteiger partial charge in [0, 0.05) is 11.3 Å². The van der Waals surface area contributed by atoms with Gasteiger partial charge in [0.2, 0.25) is 0 Å². The number of H-pyrrole nitrogens is 1. The van der Waals surface area contributed by atoms with E-state index in [1.54, 1.807) is 12.1 Å². The molecule has 0 spiro atoms. The van der Waals surface area contributed by atoms with E-state index in [1.807, 2.05) is 44.2 Å². The van der Waals surface area contributed by atoms with Gasteiger partial charge in [-0.15, -0.1) is 11.3 Å². The maximum absolute atomic E-state index is 12.7. The molecule has 0 bridgehead atoms. The van der Waals surface area contributed by atoms with Crippen LogP contribution in [0.4, 0.5) is 0 Å². The molecule has 5 rings (SSSR count). The van der Waals surface area contributed by atoms with E-state index >= 15 is 0 Å². The molecule has 1 unspecified atom stereocenters. The SMILES string of the molecule is Cc1sc2nc(COC(=O)c3ccc4c(c3)CC(c3ccccc3)OC4=O)[nH]c(=O)c2c1C. The zero-order valence-electron chi connectivity index (χ0n) is 18.0. The molecule has 0 saturated heterocycles. The molecule has 1 atom stereocenters. The summed E-state index contributed by atoms with van der Waals surface area (Å²) in [7, 11) is 0. The predicted octanol–water partition coefficient (Wildman–Crippen LogP) is 4.41. The minimum atomic E-state index is -0.561. The number of nitrogens with zero attached hydrogens (tertiary/aromatic N) is 1. The number of carbonyl (C=O) groups excluding carboxylic acids is 2. The van der Waals surface area contributed by atoms with Crippen molar-refractivity contribution in [3.8, 4) is 0 Å². The molecule has 166 valence electrons. The number of nitrogens with one attached hydrogen (secondary N) is 1. The van der Waals surface area contributed by atoms with Crippen molar-refractivity contribution in [3.63, 3.8) is 0 Å². The van der Waals surface area contributed by atoms with E-state index in [1.165, 1.54) is 17.4 Å². The van der Waals surface area contributed by atoms with Crippen molar-refractivity contribution in [2.45, 2.75) is 33.0 Å². The maximum atomic E-state index is 12.7. The van der Waals surface area contributed by atoms with Crippen LogP contribution in [-0.2, 0) is 22.5 Å². The number of cyclic esters (lactones) is 1. The molecule has 33 heavy (non-hydrogen) atoms. The third kappa shape index (κ3) is 3.93. The molecule has 0 amide bonds. The topological polar surface area (TPSA) is 98.3 Å². The first-order valence-corrected chi connectivity index (χ1v) is 11.3. The molecule has 8 heteroatoms. The Kier molecular flexibility index (Phi) is 5.30. The van der Waals surface area contributed by atoms with Gasteiger partial charge in [-0.1, -0.05) is 30.3 Å². The van der Waals surface area contributed by atoms with E-state index in [0.717, 1.165) is 21.6 Å². The Balaban J connectivity index is 1.34. The summed E-state index contributed by atoms with van der Waals surface area (Å²) in [6, 6.07) is 14.3. The predicted molar refractivity (Wildman–Crippen MR) is 124 cm³/mol. The highest BCUT2D eigenvalue weighted by molar-refractivity contribution is 7.18. The molecular weight excluding hydrogens is 440 g/mol. The van der Waals surface area contributed by atoms with E-state index < -0.39 is 18.0 Å². The fourth-order valence-electron chi connectivity index (χ4n) is 3.96. The second-order valence-corrected chi connectivity index (χ2v) is 9.14. The summed E-state index contributed by atoms with van der Waals surface area (Å²) in [6.07, 6.45) is 0.0608. The van der Waals surface area contributed by atoms with E-state index in [-0.39, 0.29) is 18.0 Å². The molecule has 1 aliphatic heterocycles. The number of rotatable bonds is 4. The van der Waals surface area contributed by atoms with Gasteiger partial charge in [-0.3, -0.25) is 4.79 Å². The molecule has 2 aromatic carbocycles. The number of hydrogen-bond donors (Lipinski definition) is 1. The number of aromatic amines is 1. The van der Waals surface area contributed by atoms with Gasteiger partial charge in [0.25, 0.3) is 5.56 Å². The van der Waals surface area contributed by atoms with Crippen molar-refractivity contribution in [1.82, 2.24) is 9.97 Å². The molecule has 0 fully saturated rings. The largest absolute Gasteiger partial charge is 0.454 e. The van der Waals surface area contributed by atoms with E-state index in [0.29, 0.717) is 27.8 Å². The van der Waals surface area contributed by atoms with Gasteiger partial charge in [-0.2, -0.15) is 0 Å². The Morgan fingerprint density at radius 2 is 1.97 bits per heavy atom. The highest BCUT2D eigenvalue weighted by Gasteiger charge is 2.28. The highest BCUT2D eigenvalue weighted by Crippen LogP contribution is 2.31. The summed E-state index contributed by atoms with van der Waals surface area (Å²) in [5.41, 5.74) is 3.06. The molecule has 7 nitrogen and oxygen atoms in total. The van der Waals surface area contributed by atoms with Crippen LogP contribution in [0.5, 0.6) is 0 Å². The first kappa shape index (κ1) is 21.1. The van der Waals surface area contributed by atoms with Gasteiger partial charge in [-0.25, -0.2) is 14.6 Å². The number of carbonyl (C=O) groups is 2. The lowest BCUT2D eigenvalue weighted by Crippen LogP contribution is -2.22. The average molecular weight is 461 g/mol. The summed E-state index contributed by atoms with van der Waals surface area (Å²) in [5.74, 6) is -0.691. The van der Waals surface area contributed by atoms with Gasteiger partial charge >= 0.3 is 11.9 Å². The number of hydrogen-bond acceptors (Lipinski definition) is 7. The summed E-state index contributed by atoms with van der Waals surface area (Å²) in [6.45, 7) is 3.67. The van der Waals surface area contributed by atoms with Crippen LogP contribution in [0.1, 0.15) is 54.2 Å². The number of esters is 2. The van der Waals surface area contributed by atoms with Crippen LogP contribution in [0.3, 0.4) is 0 Å². The fraction of sp³-hybridized carbons (Fsp3) is 0.200. The molecule has 3 heterocycles. The van der Waals surface area contributed by atoms with Gasteiger partial charge in [-0.05, 0) is 48.7 Å². The van der Waals surface area contributed by atoms with Crippen LogP contribution in [-0.4, -0.2) is 21.9 Å². The molecule has 4 aromatic rings. The quantitative estimate of drug-likeness (QED) is 0.453.